The van der Waals surface area contributed by atoms with E-state index in [1.165, 1.54) is 0 Å². The molecular weight excluding hydrogens is 242 g/mol. The average molecular weight is 265 g/mol. The number of nitriles is 1. The average Bonchev–Trinajstić information content (AvgIpc) is 3.24. The quantitative estimate of drug-likeness (QED) is 0.802. The van der Waals surface area contributed by atoms with Crippen molar-refractivity contribution < 1.29 is 9.53 Å². The Bertz CT molecular complexity index is 367. The highest BCUT2D eigenvalue weighted by atomic mass is 16.5. The van der Waals surface area contributed by atoms with Crippen LogP contribution in [0.15, 0.2) is 0 Å². The van der Waals surface area contributed by atoms with Crippen LogP contribution in [0.2, 0.25) is 0 Å². The first-order valence-electron chi connectivity index (χ1n) is 7.05. The zero-order valence-electron chi connectivity index (χ0n) is 11.8. The molecule has 1 aliphatic carbocycles. The highest BCUT2D eigenvalue weighted by molar-refractivity contribution is 5.79. The number of nitrogens with one attached hydrogen (secondary N) is 1. The molecule has 5 nitrogen and oxygen atoms in total. The molecular formula is C14H23N3O2. The molecule has 2 fully saturated rings. The number of likely N-dealkylation sites (tertiary alicyclic amines) is 1. The molecule has 0 spiro atoms. The second-order valence-electron chi connectivity index (χ2n) is 5.85. The maximum Gasteiger partial charge on any atom is 0.235 e. The molecule has 1 saturated heterocycles. The van der Waals surface area contributed by atoms with Gasteiger partial charge in [-0.2, -0.15) is 5.26 Å². The molecule has 0 aromatic rings. The zero-order chi connectivity index (χ0) is 13.9. The van der Waals surface area contributed by atoms with Gasteiger partial charge in [0.25, 0.3) is 0 Å². The summed E-state index contributed by atoms with van der Waals surface area (Å²) < 4.78 is 5.31. The predicted octanol–water partition coefficient (Wildman–Crippen LogP) is 0.906. The van der Waals surface area contributed by atoms with Crippen molar-refractivity contribution in [3.63, 3.8) is 0 Å². The van der Waals surface area contributed by atoms with Crippen molar-refractivity contribution in [2.45, 2.75) is 44.2 Å². The fourth-order valence-corrected chi connectivity index (χ4v) is 2.72. The summed E-state index contributed by atoms with van der Waals surface area (Å²) in [4.78, 5) is 14.2. The fourth-order valence-electron chi connectivity index (χ4n) is 2.72. The number of piperidine rings is 1. The molecule has 1 unspecified atom stereocenters. The van der Waals surface area contributed by atoms with Crippen LogP contribution < -0.4 is 5.32 Å². The first kappa shape index (κ1) is 14.3. The number of carbonyl (C=O) groups is 1. The summed E-state index contributed by atoms with van der Waals surface area (Å²) in [7, 11) is 1.74. The van der Waals surface area contributed by atoms with Crippen LogP contribution in [-0.4, -0.2) is 49.2 Å². The minimum Gasteiger partial charge on any atom is -0.381 e. The summed E-state index contributed by atoms with van der Waals surface area (Å²) in [5, 5.41) is 12.1. The normalized spacial score (nSPS) is 24.5. The summed E-state index contributed by atoms with van der Waals surface area (Å²) in [6.45, 7) is 4.00. The van der Waals surface area contributed by atoms with Crippen molar-refractivity contribution in [3.05, 3.63) is 0 Å². The fraction of sp³-hybridized carbons (Fsp3) is 0.857. The van der Waals surface area contributed by atoms with E-state index < -0.39 is 5.54 Å². The van der Waals surface area contributed by atoms with Crippen molar-refractivity contribution in [1.82, 2.24) is 10.2 Å². The molecule has 1 saturated carbocycles. The maximum atomic E-state index is 12.0. The van der Waals surface area contributed by atoms with E-state index in [0.29, 0.717) is 18.6 Å². The summed E-state index contributed by atoms with van der Waals surface area (Å²) in [5.41, 5.74) is -0.679. The van der Waals surface area contributed by atoms with Gasteiger partial charge in [-0.25, -0.2) is 0 Å². The van der Waals surface area contributed by atoms with Gasteiger partial charge < -0.3 is 10.1 Å². The summed E-state index contributed by atoms with van der Waals surface area (Å²) in [5.74, 6) is 0.299. The minimum atomic E-state index is -0.679. The third kappa shape index (κ3) is 3.68. The summed E-state index contributed by atoms with van der Waals surface area (Å²) in [6.07, 6.45) is 4.37. The van der Waals surface area contributed by atoms with E-state index in [4.69, 9.17) is 4.74 Å². The first-order chi connectivity index (χ1) is 9.07. The van der Waals surface area contributed by atoms with Crippen molar-refractivity contribution in [2.75, 3.05) is 26.7 Å². The molecule has 1 amide bonds. The highest BCUT2D eigenvalue weighted by Gasteiger charge is 2.43. The van der Waals surface area contributed by atoms with Gasteiger partial charge in [0.1, 0.15) is 5.54 Å². The molecule has 19 heavy (non-hydrogen) atoms. The minimum absolute atomic E-state index is 0.0354. The summed E-state index contributed by atoms with van der Waals surface area (Å²) in [6, 6.07) is 2.25. The lowest BCUT2D eigenvalue weighted by Crippen LogP contribution is -2.51. The Labute approximate surface area is 114 Å². The molecule has 1 heterocycles. The zero-order valence-corrected chi connectivity index (χ0v) is 11.8. The molecule has 1 atom stereocenters. The molecule has 0 aromatic carbocycles. The third-order valence-electron chi connectivity index (χ3n) is 4.26. The van der Waals surface area contributed by atoms with Gasteiger partial charge in [-0.05, 0) is 38.5 Å². The van der Waals surface area contributed by atoms with Gasteiger partial charge in [0.05, 0.1) is 18.7 Å². The molecule has 2 aliphatic rings. The van der Waals surface area contributed by atoms with E-state index in [2.05, 4.69) is 16.3 Å². The molecule has 2 rings (SSSR count). The molecule has 1 N–H and O–H groups in total. The Morgan fingerprint density at radius 1 is 1.42 bits per heavy atom. The number of hydrogen-bond acceptors (Lipinski definition) is 4. The molecule has 1 aliphatic heterocycles. The van der Waals surface area contributed by atoms with Gasteiger partial charge in [-0.15, -0.1) is 0 Å². The van der Waals surface area contributed by atoms with E-state index in [9.17, 15) is 10.1 Å². The van der Waals surface area contributed by atoms with Crippen LogP contribution in [0.1, 0.15) is 32.6 Å². The van der Waals surface area contributed by atoms with E-state index in [1.54, 1.807) is 7.11 Å². The van der Waals surface area contributed by atoms with Crippen LogP contribution in [-0.2, 0) is 9.53 Å². The monoisotopic (exact) mass is 265 g/mol. The van der Waals surface area contributed by atoms with E-state index >= 15 is 0 Å². The van der Waals surface area contributed by atoms with Crippen molar-refractivity contribution in [1.29, 1.82) is 5.26 Å². The molecule has 0 bridgehead atoms. The Balaban J connectivity index is 1.77. The predicted molar refractivity (Wildman–Crippen MR) is 71.4 cm³/mol. The Morgan fingerprint density at radius 3 is 2.53 bits per heavy atom. The Kier molecular flexibility index (Phi) is 4.43. The SMILES string of the molecule is COC1CCN(CC(=O)NC(C)(C#N)C2CC2)CC1. The number of ether oxygens (including phenoxy) is 1. The van der Waals surface area contributed by atoms with Gasteiger partial charge in [0.2, 0.25) is 5.91 Å². The van der Waals surface area contributed by atoms with Gasteiger partial charge in [0.15, 0.2) is 0 Å². The first-order valence-corrected chi connectivity index (χ1v) is 7.05. The standard InChI is InChI=1S/C14H23N3O2/c1-14(10-15,11-3-4-11)16-13(18)9-17-7-5-12(19-2)6-8-17/h11-12H,3-9H2,1-2H3,(H,16,18). The Morgan fingerprint density at radius 2 is 2.05 bits per heavy atom. The lowest BCUT2D eigenvalue weighted by Gasteiger charge is -2.31. The van der Waals surface area contributed by atoms with Crippen LogP contribution in [0, 0.1) is 17.2 Å². The topological polar surface area (TPSA) is 65.4 Å². The van der Waals surface area contributed by atoms with Gasteiger partial charge in [-0.3, -0.25) is 9.69 Å². The molecule has 0 radical (unpaired) electrons. The third-order valence-corrected chi connectivity index (χ3v) is 4.26. The number of hydrogen-bond donors (Lipinski definition) is 1. The number of carbonyl (C=O) groups excluding carboxylic acids is 1. The van der Waals surface area contributed by atoms with Crippen LogP contribution >= 0.6 is 0 Å². The van der Waals surface area contributed by atoms with Crippen LogP contribution in [0.25, 0.3) is 0 Å². The second kappa shape index (κ2) is 5.89. The molecule has 0 aromatic heterocycles. The lowest BCUT2D eigenvalue weighted by molar-refractivity contribution is -0.124. The van der Waals surface area contributed by atoms with E-state index in [0.717, 1.165) is 38.8 Å². The number of rotatable bonds is 5. The smallest absolute Gasteiger partial charge is 0.235 e. The summed E-state index contributed by atoms with van der Waals surface area (Å²) >= 11 is 0. The van der Waals surface area contributed by atoms with Gasteiger partial charge >= 0.3 is 0 Å². The van der Waals surface area contributed by atoms with Crippen LogP contribution in [0.5, 0.6) is 0 Å². The number of amides is 1. The van der Waals surface area contributed by atoms with Crippen LogP contribution in [0.3, 0.4) is 0 Å². The van der Waals surface area contributed by atoms with Crippen molar-refractivity contribution in [2.24, 2.45) is 5.92 Å². The highest BCUT2D eigenvalue weighted by Crippen LogP contribution is 2.39. The largest absolute Gasteiger partial charge is 0.381 e. The van der Waals surface area contributed by atoms with Crippen LogP contribution in [0.4, 0.5) is 0 Å². The number of methoxy groups -OCH3 is 1. The second-order valence-corrected chi connectivity index (χ2v) is 5.85. The van der Waals surface area contributed by atoms with Crippen molar-refractivity contribution >= 4 is 5.91 Å². The Hall–Kier alpha value is -1.12. The lowest BCUT2D eigenvalue weighted by atomic mass is 9.98. The van der Waals surface area contributed by atoms with Gasteiger partial charge in [0, 0.05) is 20.2 Å². The molecule has 106 valence electrons. The van der Waals surface area contributed by atoms with E-state index in [1.807, 2.05) is 6.92 Å². The van der Waals surface area contributed by atoms with E-state index in [-0.39, 0.29) is 5.91 Å². The molecule has 5 heteroatoms. The van der Waals surface area contributed by atoms with Gasteiger partial charge in [-0.1, -0.05) is 0 Å². The maximum absolute atomic E-state index is 12.0. The van der Waals surface area contributed by atoms with Crippen molar-refractivity contribution in [3.8, 4) is 6.07 Å². The number of nitrogens with zero attached hydrogens (tertiary/aromatic N) is 2.